The summed E-state index contributed by atoms with van der Waals surface area (Å²) >= 11 is 12.1. The van der Waals surface area contributed by atoms with Gasteiger partial charge in [0.05, 0.1) is 17.3 Å². The molecule has 0 aliphatic carbocycles. The van der Waals surface area contributed by atoms with Crippen molar-refractivity contribution in [2.24, 2.45) is 0 Å². The number of rotatable bonds is 4. The summed E-state index contributed by atoms with van der Waals surface area (Å²) in [6.45, 7) is 6.00. The summed E-state index contributed by atoms with van der Waals surface area (Å²) in [6.07, 6.45) is 1.12. The van der Waals surface area contributed by atoms with Crippen LogP contribution in [0.4, 0.5) is 11.5 Å². The molecule has 27 heavy (non-hydrogen) atoms. The molecular formula is C19H21Cl2N5O. The zero-order valence-electron chi connectivity index (χ0n) is 15.2. The molecule has 0 spiro atoms. The Morgan fingerprint density at radius 2 is 1.93 bits per heavy atom. The van der Waals surface area contributed by atoms with Crippen LogP contribution in [0.3, 0.4) is 0 Å². The van der Waals surface area contributed by atoms with Crippen molar-refractivity contribution in [3.63, 3.8) is 0 Å². The number of anilines is 2. The van der Waals surface area contributed by atoms with Crippen molar-refractivity contribution in [3.8, 4) is 0 Å². The molecule has 0 saturated carbocycles. The highest BCUT2D eigenvalue weighted by Crippen LogP contribution is 2.34. The second-order valence-corrected chi connectivity index (χ2v) is 8.05. The first-order chi connectivity index (χ1) is 12.9. The number of aryl methyl sites for hydroxylation is 2. The number of carbonyl (C=O) groups excluding carboxylic acids is 1. The first kappa shape index (κ1) is 18.5. The van der Waals surface area contributed by atoms with E-state index in [-0.39, 0.29) is 5.91 Å². The number of piperidine rings is 1. The normalized spacial score (nSPS) is 21.7. The lowest BCUT2D eigenvalue weighted by Crippen LogP contribution is -2.69. The molecule has 2 unspecified atom stereocenters. The molecule has 2 bridgehead atoms. The number of nitrogens with one attached hydrogen (secondary N) is 1. The Morgan fingerprint density at radius 1 is 1.19 bits per heavy atom. The minimum atomic E-state index is -0.0731. The minimum absolute atomic E-state index is 0.0731. The van der Waals surface area contributed by atoms with Gasteiger partial charge in [-0.15, -0.1) is 0 Å². The Hall–Kier alpha value is -1.89. The molecule has 4 heterocycles. The van der Waals surface area contributed by atoms with Gasteiger partial charge in [0.2, 0.25) is 5.91 Å². The number of fused-ring (bicyclic) bond motifs is 2. The first-order valence-electron chi connectivity index (χ1n) is 8.97. The molecule has 3 aliphatic heterocycles. The molecular weight excluding hydrogens is 385 g/mol. The second kappa shape index (κ2) is 7.26. The van der Waals surface area contributed by atoms with Gasteiger partial charge < -0.3 is 10.2 Å². The molecule has 1 amide bonds. The van der Waals surface area contributed by atoms with Crippen molar-refractivity contribution in [1.82, 2.24) is 14.9 Å². The van der Waals surface area contributed by atoms with Crippen molar-refractivity contribution in [2.45, 2.75) is 32.4 Å². The van der Waals surface area contributed by atoms with Gasteiger partial charge in [0.15, 0.2) is 0 Å². The van der Waals surface area contributed by atoms with Crippen LogP contribution < -0.4 is 10.2 Å². The van der Waals surface area contributed by atoms with E-state index >= 15 is 0 Å². The van der Waals surface area contributed by atoms with E-state index in [2.05, 4.69) is 25.1 Å². The molecule has 2 atom stereocenters. The van der Waals surface area contributed by atoms with E-state index in [1.54, 1.807) is 18.2 Å². The van der Waals surface area contributed by atoms with Gasteiger partial charge >= 0.3 is 0 Å². The highest BCUT2D eigenvalue weighted by molar-refractivity contribution is 6.35. The summed E-state index contributed by atoms with van der Waals surface area (Å²) in [6, 6.07) is 7.79. The Balaban J connectivity index is 1.37. The zero-order chi connectivity index (χ0) is 19.1. The topological polar surface area (TPSA) is 61.4 Å². The monoisotopic (exact) mass is 405 g/mol. The predicted molar refractivity (Wildman–Crippen MR) is 108 cm³/mol. The summed E-state index contributed by atoms with van der Waals surface area (Å²) < 4.78 is 0. The Kier molecular flexibility index (Phi) is 4.97. The van der Waals surface area contributed by atoms with E-state index in [4.69, 9.17) is 23.2 Å². The van der Waals surface area contributed by atoms with Crippen LogP contribution in [0.15, 0.2) is 24.3 Å². The Bertz CT molecular complexity index is 858. The van der Waals surface area contributed by atoms with Gasteiger partial charge in [-0.1, -0.05) is 23.2 Å². The van der Waals surface area contributed by atoms with E-state index in [1.807, 2.05) is 19.9 Å². The third-order valence-corrected chi connectivity index (χ3v) is 5.71. The van der Waals surface area contributed by atoms with E-state index in [0.717, 1.165) is 36.8 Å². The third kappa shape index (κ3) is 3.88. The minimum Gasteiger partial charge on any atom is -0.353 e. The summed E-state index contributed by atoms with van der Waals surface area (Å²) in [5.74, 6) is 1.69. The lowest BCUT2D eigenvalue weighted by molar-refractivity contribution is -0.121. The van der Waals surface area contributed by atoms with Crippen LogP contribution in [-0.2, 0) is 4.79 Å². The average Bonchev–Trinajstić information content (AvgIpc) is 2.62. The van der Waals surface area contributed by atoms with Gasteiger partial charge in [-0.25, -0.2) is 9.97 Å². The fourth-order valence-electron chi connectivity index (χ4n) is 3.94. The number of amides is 1. The zero-order valence-corrected chi connectivity index (χ0v) is 16.8. The van der Waals surface area contributed by atoms with Gasteiger partial charge in [0.25, 0.3) is 0 Å². The van der Waals surface area contributed by atoms with Gasteiger partial charge in [0, 0.05) is 42.0 Å². The van der Waals surface area contributed by atoms with Crippen LogP contribution >= 0.6 is 23.2 Å². The number of nitrogens with zero attached hydrogens (tertiary/aromatic N) is 4. The molecule has 142 valence electrons. The summed E-state index contributed by atoms with van der Waals surface area (Å²) in [7, 11) is 0. The average molecular weight is 406 g/mol. The van der Waals surface area contributed by atoms with Crippen LogP contribution in [0.25, 0.3) is 0 Å². The van der Waals surface area contributed by atoms with Crippen LogP contribution in [0.1, 0.15) is 17.9 Å². The van der Waals surface area contributed by atoms with Crippen LogP contribution in [0.5, 0.6) is 0 Å². The lowest BCUT2D eigenvalue weighted by Gasteiger charge is -2.56. The largest absolute Gasteiger partial charge is 0.353 e. The lowest BCUT2D eigenvalue weighted by atomic mass is 9.87. The number of benzene rings is 1. The van der Waals surface area contributed by atoms with Crippen molar-refractivity contribution in [1.29, 1.82) is 0 Å². The van der Waals surface area contributed by atoms with Crippen molar-refractivity contribution >= 4 is 40.6 Å². The van der Waals surface area contributed by atoms with E-state index in [0.29, 0.717) is 34.4 Å². The molecule has 3 saturated heterocycles. The van der Waals surface area contributed by atoms with E-state index in [9.17, 15) is 4.79 Å². The molecule has 5 rings (SSSR count). The Labute approximate surface area is 168 Å². The van der Waals surface area contributed by atoms with Crippen molar-refractivity contribution < 1.29 is 4.79 Å². The molecule has 2 aromatic rings. The van der Waals surface area contributed by atoms with Gasteiger partial charge in [-0.2, -0.15) is 0 Å². The van der Waals surface area contributed by atoms with E-state index < -0.39 is 0 Å². The Morgan fingerprint density at radius 3 is 2.63 bits per heavy atom. The van der Waals surface area contributed by atoms with Crippen molar-refractivity contribution in [2.75, 3.05) is 29.9 Å². The van der Waals surface area contributed by atoms with Gasteiger partial charge in [0.1, 0.15) is 11.6 Å². The molecule has 1 aromatic carbocycles. The molecule has 1 N–H and O–H groups in total. The number of piperazine rings is 1. The molecule has 3 fully saturated rings. The summed E-state index contributed by atoms with van der Waals surface area (Å²) in [4.78, 5) is 25.9. The molecule has 3 aliphatic rings. The maximum Gasteiger partial charge on any atom is 0.238 e. The highest BCUT2D eigenvalue weighted by atomic mass is 35.5. The number of halogens is 2. The fraction of sp³-hybridized carbons (Fsp3) is 0.421. The standard InChI is InChI=1S/C19H21Cl2N5O/c1-11-5-18(23-12(2)22-11)25-8-14-7-15(9-25)26(14)10-19(27)24-17-6-13(20)3-4-16(17)21/h3-6,14-15H,7-10H2,1-2H3,(H,24,27). The van der Waals surface area contributed by atoms with Gasteiger partial charge in [-0.3, -0.25) is 9.69 Å². The predicted octanol–water partition coefficient (Wildman–Crippen LogP) is 3.30. The molecule has 1 aromatic heterocycles. The maximum absolute atomic E-state index is 12.5. The first-order valence-corrected chi connectivity index (χ1v) is 9.72. The van der Waals surface area contributed by atoms with Crippen LogP contribution in [0.2, 0.25) is 10.0 Å². The maximum atomic E-state index is 12.5. The second-order valence-electron chi connectivity index (χ2n) is 7.21. The quantitative estimate of drug-likeness (QED) is 0.845. The number of hydrogen-bond donors (Lipinski definition) is 1. The van der Waals surface area contributed by atoms with E-state index in [1.165, 1.54) is 0 Å². The van der Waals surface area contributed by atoms with Crippen LogP contribution in [-0.4, -0.2) is 52.5 Å². The van der Waals surface area contributed by atoms with Crippen molar-refractivity contribution in [3.05, 3.63) is 45.8 Å². The van der Waals surface area contributed by atoms with Gasteiger partial charge in [-0.05, 0) is 38.5 Å². The number of aromatic nitrogens is 2. The SMILES string of the molecule is Cc1cc(N2CC3CC(C2)N3CC(=O)Nc2cc(Cl)ccc2Cl)nc(C)n1. The smallest absolute Gasteiger partial charge is 0.238 e. The fourth-order valence-corrected chi connectivity index (χ4v) is 4.28. The number of hydrogen-bond acceptors (Lipinski definition) is 5. The highest BCUT2D eigenvalue weighted by Gasteiger charge is 2.45. The molecule has 0 radical (unpaired) electrons. The molecule has 6 nitrogen and oxygen atoms in total. The van der Waals surface area contributed by atoms with Crippen LogP contribution in [0, 0.1) is 13.8 Å². The third-order valence-electron chi connectivity index (χ3n) is 5.15. The summed E-state index contributed by atoms with van der Waals surface area (Å²) in [5.41, 5.74) is 1.53. The number of carbonyl (C=O) groups is 1. The summed E-state index contributed by atoms with van der Waals surface area (Å²) in [5, 5.41) is 3.89. The molecule has 8 heteroatoms.